The van der Waals surface area contributed by atoms with Crippen molar-refractivity contribution in [2.45, 2.75) is 26.3 Å². The van der Waals surface area contributed by atoms with E-state index in [-0.39, 0.29) is 5.95 Å². The highest BCUT2D eigenvalue weighted by atomic mass is 15.3. The van der Waals surface area contributed by atoms with Crippen molar-refractivity contribution in [3.8, 4) is 0 Å². The molecular formula is C22H23N7. The number of hydrogen-bond acceptors (Lipinski definition) is 7. The van der Waals surface area contributed by atoms with Crippen molar-refractivity contribution < 1.29 is 0 Å². The summed E-state index contributed by atoms with van der Waals surface area (Å²) in [5.74, 6) is 1.76. The molecule has 29 heavy (non-hydrogen) atoms. The van der Waals surface area contributed by atoms with Gasteiger partial charge < -0.3 is 16.4 Å². The predicted octanol–water partition coefficient (Wildman–Crippen LogP) is 3.46. The Morgan fingerprint density at radius 3 is 2.55 bits per heavy atom. The largest absolute Gasteiger partial charge is 0.383 e. The Balaban J connectivity index is 1.57. The number of fused-ring (bicyclic) bond motifs is 2. The van der Waals surface area contributed by atoms with Crippen molar-refractivity contribution in [3.63, 3.8) is 0 Å². The topological polar surface area (TPSA) is 107 Å². The molecule has 4 aromatic rings. The Morgan fingerprint density at radius 1 is 0.966 bits per heavy atom. The van der Waals surface area contributed by atoms with E-state index < -0.39 is 0 Å². The van der Waals surface area contributed by atoms with E-state index >= 15 is 0 Å². The van der Waals surface area contributed by atoms with E-state index in [1.54, 1.807) is 6.20 Å². The molecule has 0 radical (unpaired) electrons. The standard InChI is InChI=1S/C22H23N7/c1-13-6-9-15(17-5-3-2-4-16(13)17)12-29(11-14-7-8-14)22-25-10-18-19(23)26-21(24)27-20(18)28-22/h2-6,9-10,14H,7-8,11-12H2,1H3,(H4,23,24,25,26,27,28). The molecule has 0 atom stereocenters. The van der Waals surface area contributed by atoms with Gasteiger partial charge in [-0.15, -0.1) is 0 Å². The normalized spacial score (nSPS) is 13.8. The highest BCUT2D eigenvalue weighted by Gasteiger charge is 2.26. The van der Waals surface area contributed by atoms with Gasteiger partial charge in [-0.05, 0) is 47.6 Å². The van der Waals surface area contributed by atoms with E-state index in [1.807, 2.05) is 0 Å². The quantitative estimate of drug-likeness (QED) is 0.542. The van der Waals surface area contributed by atoms with Crippen LogP contribution in [0.15, 0.2) is 42.6 Å². The Hall–Kier alpha value is -3.48. The minimum atomic E-state index is 0.123. The second-order valence-electron chi connectivity index (χ2n) is 7.79. The first-order valence-electron chi connectivity index (χ1n) is 9.86. The monoisotopic (exact) mass is 385 g/mol. The molecule has 4 N–H and O–H groups in total. The van der Waals surface area contributed by atoms with Crippen LogP contribution in [0.2, 0.25) is 0 Å². The highest BCUT2D eigenvalue weighted by Crippen LogP contribution is 2.32. The Labute approximate surface area is 168 Å². The zero-order valence-corrected chi connectivity index (χ0v) is 16.3. The summed E-state index contributed by atoms with van der Waals surface area (Å²) in [6, 6.07) is 12.9. The lowest BCUT2D eigenvalue weighted by atomic mass is 10.00. The first-order chi connectivity index (χ1) is 14.1. The van der Waals surface area contributed by atoms with Crippen molar-refractivity contribution >= 4 is 39.5 Å². The van der Waals surface area contributed by atoms with Crippen molar-refractivity contribution in [2.24, 2.45) is 5.92 Å². The lowest BCUT2D eigenvalue weighted by Crippen LogP contribution is -2.27. The van der Waals surface area contributed by atoms with Gasteiger partial charge in [-0.1, -0.05) is 36.4 Å². The summed E-state index contributed by atoms with van der Waals surface area (Å²) in [7, 11) is 0. The molecule has 2 aromatic heterocycles. The zero-order chi connectivity index (χ0) is 20.0. The lowest BCUT2D eigenvalue weighted by molar-refractivity contribution is 0.704. The summed E-state index contributed by atoms with van der Waals surface area (Å²) in [6.07, 6.45) is 4.20. The molecule has 0 unspecified atom stereocenters. The maximum Gasteiger partial charge on any atom is 0.227 e. The van der Waals surface area contributed by atoms with Gasteiger partial charge in [0.05, 0.1) is 5.39 Å². The van der Waals surface area contributed by atoms with Gasteiger partial charge in [0.1, 0.15) is 5.82 Å². The fourth-order valence-corrected chi connectivity index (χ4v) is 3.78. The number of nitrogens with zero attached hydrogens (tertiary/aromatic N) is 5. The number of benzene rings is 2. The number of anilines is 3. The molecule has 1 aliphatic carbocycles. The van der Waals surface area contributed by atoms with Crippen LogP contribution in [0.4, 0.5) is 17.7 Å². The van der Waals surface area contributed by atoms with Gasteiger partial charge in [-0.3, -0.25) is 0 Å². The average molecular weight is 385 g/mol. The molecule has 5 rings (SSSR count). The number of aryl methyl sites for hydroxylation is 1. The summed E-state index contributed by atoms with van der Waals surface area (Å²) in [5, 5.41) is 3.17. The summed E-state index contributed by atoms with van der Waals surface area (Å²) in [4.78, 5) is 19.7. The van der Waals surface area contributed by atoms with Crippen molar-refractivity contribution in [2.75, 3.05) is 22.9 Å². The SMILES string of the molecule is Cc1ccc(CN(CC2CC2)c2ncc3c(N)nc(N)nc3n2)c2ccccc12. The van der Waals surface area contributed by atoms with Gasteiger partial charge in [0.15, 0.2) is 5.65 Å². The minimum Gasteiger partial charge on any atom is -0.383 e. The van der Waals surface area contributed by atoms with Crippen LogP contribution >= 0.6 is 0 Å². The van der Waals surface area contributed by atoms with Crippen molar-refractivity contribution in [1.82, 2.24) is 19.9 Å². The maximum atomic E-state index is 5.95. The van der Waals surface area contributed by atoms with Gasteiger partial charge >= 0.3 is 0 Å². The smallest absolute Gasteiger partial charge is 0.227 e. The third kappa shape index (κ3) is 3.40. The molecular weight excluding hydrogens is 362 g/mol. The Morgan fingerprint density at radius 2 is 1.76 bits per heavy atom. The molecule has 2 heterocycles. The maximum absolute atomic E-state index is 5.95. The minimum absolute atomic E-state index is 0.123. The zero-order valence-electron chi connectivity index (χ0n) is 16.3. The third-order valence-electron chi connectivity index (χ3n) is 5.54. The predicted molar refractivity (Wildman–Crippen MR) is 116 cm³/mol. The van der Waals surface area contributed by atoms with E-state index in [0.29, 0.717) is 28.7 Å². The molecule has 1 fully saturated rings. The van der Waals surface area contributed by atoms with Gasteiger partial charge in [-0.2, -0.15) is 15.0 Å². The molecule has 0 aliphatic heterocycles. The number of nitrogen functional groups attached to an aromatic ring is 2. The summed E-state index contributed by atoms with van der Waals surface area (Å²) in [6.45, 7) is 3.80. The Kier molecular flexibility index (Phi) is 4.16. The second kappa shape index (κ2) is 6.84. The van der Waals surface area contributed by atoms with E-state index in [9.17, 15) is 0 Å². The number of rotatable bonds is 5. The van der Waals surface area contributed by atoms with E-state index in [1.165, 1.54) is 34.7 Å². The number of aromatic nitrogens is 4. The first-order valence-corrected chi connectivity index (χ1v) is 9.86. The van der Waals surface area contributed by atoms with Crippen molar-refractivity contribution in [3.05, 3.63) is 53.7 Å². The van der Waals surface area contributed by atoms with E-state index in [4.69, 9.17) is 11.5 Å². The molecule has 2 aromatic carbocycles. The molecule has 146 valence electrons. The summed E-state index contributed by atoms with van der Waals surface area (Å²) < 4.78 is 0. The first kappa shape index (κ1) is 17.6. The molecule has 1 aliphatic rings. The van der Waals surface area contributed by atoms with E-state index in [2.05, 4.69) is 68.2 Å². The van der Waals surface area contributed by atoms with Crippen LogP contribution < -0.4 is 16.4 Å². The summed E-state index contributed by atoms with van der Waals surface area (Å²) in [5.41, 5.74) is 14.7. The summed E-state index contributed by atoms with van der Waals surface area (Å²) >= 11 is 0. The molecule has 7 heteroatoms. The van der Waals surface area contributed by atoms with Gasteiger partial charge in [0.25, 0.3) is 0 Å². The molecule has 7 nitrogen and oxygen atoms in total. The second-order valence-corrected chi connectivity index (χ2v) is 7.79. The van der Waals surface area contributed by atoms with Crippen LogP contribution in [0.5, 0.6) is 0 Å². The number of nitrogens with two attached hydrogens (primary N) is 2. The van der Waals surface area contributed by atoms with E-state index in [0.717, 1.165) is 13.1 Å². The van der Waals surface area contributed by atoms with Crippen LogP contribution in [0.3, 0.4) is 0 Å². The van der Waals surface area contributed by atoms with Gasteiger partial charge in [0, 0.05) is 19.3 Å². The van der Waals surface area contributed by atoms with Crippen molar-refractivity contribution in [1.29, 1.82) is 0 Å². The molecule has 0 bridgehead atoms. The molecule has 0 amide bonds. The van der Waals surface area contributed by atoms with Gasteiger partial charge in [-0.25, -0.2) is 4.98 Å². The lowest BCUT2D eigenvalue weighted by Gasteiger charge is -2.24. The molecule has 1 saturated carbocycles. The third-order valence-corrected chi connectivity index (χ3v) is 5.54. The van der Waals surface area contributed by atoms with Crippen LogP contribution in [-0.2, 0) is 6.54 Å². The molecule has 0 spiro atoms. The number of hydrogen-bond donors (Lipinski definition) is 2. The fraction of sp³-hybridized carbons (Fsp3) is 0.273. The van der Waals surface area contributed by atoms with Crippen LogP contribution in [-0.4, -0.2) is 26.5 Å². The van der Waals surface area contributed by atoms with Crippen LogP contribution in [0.1, 0.15) is 24.0 Å². The fourth-order valence-electron chi connectivity index (χ4n) is 3.78. The highest BCUT2D eigenvalue weighted by molar-refractivity contribution is 5.89. The van der Waals surface area contributed by atoms with Crippen LogP contribution in [0, 0.1) is 12.8 Å². The average Bonchev–Trinajstić information content (AvgIpc) is 3.53. The van der Waals surface area contributed by atoms with Gasteiger partial charge in [0.2, 0.25) is 11.9 Å². The molecule has 0 saturated heterocycles. The Bertz CT molecular complexity index is 1220. The van der Waals surface area contributed by atoms with Crippen LogP contribution in [0.25, 0.3) is 21.8 Å².